The first kappa shape index (κ1) is 11.7. The van der Waals surface area contributed by atoms with Crippen molar-refractivity contribution in [3.05, 3.63) is 38.9 Å². The molecule has 0 radical (unpaired) electrons. The summed E-state index contributed by atoms with van der Waals surface area (Å²) in [5.41, 5.74) is 0.796. The molecule has 1 rings (SSSR count). The zero-order valence-corrected chi connectivity index (χ0v) is 11.1. The van der Waals surface area contributed by atoms with Crippen LogP contribution in [0.1, 0.15) is 6.42 Å². The van der Waals surface area contributed by atoms with E-state index in [0.29, 0.717) is 6.42 Å². The highest BCUT2D eigenvalue weighted by atomic mass is 127. The van der Waals surface area contributed by atoms with Gasteiger partial charge in [-0.2, -0.15) is 0 Å². The lowest BCUT2D eigenvalue weighted by Gasteiger charge is -2.04. The summed E-state index contributed by atoms with van der Waals surface area (Å²) < 4.78 is 2.10. The number of benzene rings is 1. The molecule has 1 aromatic rings. The number of amides is 1. The molecule has 0 aromatic heterocycles. The quantitative estimate of drug-likeness (QED) is 0.644. The predicted molar refractivity (Wildman–Crippen MR) is 70.3 cm³/mol. The maximum Gasteiger partial charge on any atom is 0.228 e. The van der Waals surface area contributed by atoms with Crippen molar-refractivity contribution in [2.24, 2.45) is 0 Å². The number of carbonyl (C=O) groups excluding carboxylic acids is 1. The van der Waals surface area contributed by atoms with Gasteiger partial charge in [0.1, 0.15) is 0 Å². The summed E-state index contributed by atoms with van der Waals surface area (Å²) in [7, 11) is 0. The number of hydrogen-bond donors (Lipinski definition) is 1. The second-order valence-corrected chi connectivity index (χ2v) is 4.69. The van der Waals surface area contributed by atoms with Crippen LogP contribution in [0.2, 0.25) is 0 Å². The van der Waals surface area contributed by atoms with Crippen LogP contribution in [-0.2, 0) is 4.79 Å². The minimum Gasteiger partial charge on any atom is -0.326 e. The van der Waals surface area contributed by atoms with Gasteiger partial charge in [-0.3, -0.25) is 4.79 Å². The van der Waals surface area contributed by atoms with Crippen LogP contribution in [0.5, 0.6) is 0 Å². The van der Waals surface area contributed by atoms with E-state index in [0.717, 1.165) is 13.7 Å². The third-order valence-electron chi connectivity index (χ3n) is 1.53. The van der Waals surface area contributed by atoms with Gasteiger partial charge in [0.2, 0.25) is 5.91 Å². The van der Waals surface area contributed by atoms with Crippen LogP contribution < -0.4 is 5.32 Å². The molecule has 0 aliphatic carbocycles. The van der Waals surface area contributed by atoms with Gasteiger partial charge in [-0.15, -0.1) is 6.58 Å². The molecule has 0 aliphatic heterocycles. The number of halogens is 2. The highest BCUT2D eigenvalue weighted by Gasteiger charge is 2.01. The zero-order chi connectivity index (χ0) is 10.6. The van der Waals surface area contributed by atoms with E-state index < -0.39 is 0 Å². The summed E-state index contributed by atoms with van der Waals surface area (Å²) >= 11 is 5.61. The number of rotatable bonds is 3. The minimum atomic E-state index is -0.0480. The van der Waals surface area contributed by atoms with Gasteiger partial charge in [0.25, 0.3) is 0 Å². The second kappa shape index (κ2) is 5.50. The highest BCUT2D eigenvalue weighted by Crippen LogP contribution is 2.22. The largest absolute Gasteiger partial charge is 0.326 e. The average Bonchev–Trinajstić information content (AvgIpc) is 2.12. The highest BCUT2D eigenvalue weighted by molar-refractivity contribution is 14.1. The molecular formula is C10H9BrINO. The molecule has 2 nitrogen and oxygen atoms in total. The van der Waals surface area contributed by atoms with Crippen molar-refractivity contribution in [2.75, 3.05) is 5.32 Å². The maximum atomic E-state index is 11.2. The molecule has 74 valence electrons. The topological polar surface area (TPSA) is 29.1 Å². The summed E-state index contributed by atoms with van der Waals surface area (Å²) in [4.78, 5) is 11.2. The summed E-state index contributed by atoms with van der Waals surface area (Å²) in [6.45, 7) is 3.50. The lowest BCUT2D eigenvalue weighted by atomic mass is 10.3. The van der Waals surface area contributed by atoms with E-state index in [1.54, 1.807) is 6.08 Å². The van der Waals surface area contributed by atoms with Crippen LogP contribution in [0.4, 0.5) is 5.69 Å². The molecule has 1 N–H and O–H groups in total. The van der Waals surface area contributed by atoms with Crippen LogP contribution in [0, 0.1) is 3.57 Å². The fourth-order valence-corrected chi connectivity index (χ4v) is 1.63. The molecule has 0 heterocycles. The molecule has 1 amide bonds. The van der Waals surface area contributed by atoms with Gasteiger partial charge in [0.15, 0.2) is 0 Å². The van der Waals surface area contributed by atoms with Crippen molar-refractivity contribution in [2.45, 2.75) is 6.42 Å². The molecule has 0 unspecified atom stereocenters. The number of hydrogen-bond acceptors (Lipinski definition) is 1. The van der Waals surface area contributed by atoms with Gasteiger partial charge >= 0.3 is 0 Å². The molecular weight excluding hydrogens is 357 g/mol. The Kier molecular flexibility index (Phi) is 4.60. The van der Waals surface area contributed by atoms with E-state index in [1.165, 1.54) is 0 Å². The van der Waals surface area contributed by atoms with Crippen LogP contribution >= 0.6 is 38.5 Å². The second-order valence-electron chi connectivity index (χ2n) is 2.67. The van der Waals surface area contributed by atoms with Crippen LogP contribution in [-0.4, -0.2) is 5.91 Å². The fourth-order valence-electron chi connectivity index (χ4n) is 0.917. The summed E-state index contributed by atoms with van der Waals surface area (Å²) in [5, 5.41) is 2.77. The summed E-state index contributed by atoms with van der Waals surface area (Å²) in [6.07, 6.45) is 1.92. The van der Waals surface area contributed by atoms with Gasteiger partial charge in [0, 0.05) is 20.2 Å². The minimum absolute atomic E-state index is 0.0480. The average molecular weight is 366 g/mol. The smallest absolute Gasteiger partial charge is 0.228 e. The SMILES string of the molecule is C=CCC(=O)Nc1ccc(I)c(Br)c1. The molecule has 0 spiro atoms. The molecule has 14 heavy (non-hydrogen) atoms. The lowest BCUT2D eigenvalue weighted by molar-refractivity contribution is -0.115. The Morgan fingerprint density at radius 1 is 1.64 bits per heavy atom. The molecule has 0 saturated carbocycles. The standard InChI is InChI=1S/C10H9BrINO/c1-2-3-10(14)13-7-4-5-9(12)8(11)6-7/h2,4-6H,1,3H2,(H,13,14). The van der Waals surface area contributed by atoms with Crippen molar-refractivity contribution in [3.8, 4) is 0 Å². The summed E-state index contributed by atoms with van der Waals surface area (Å²) in [5.74, 6) is -0.0480. The number of nitrogens with one attached hydrogen (secondary N) is 1. The van der Waals surface area contributed by atoms with E-state index >= 15 is 0 Å². The Bertz CT molecular complexity index is 365. The third kappa shape index (κ3) is 3.42. The molecule has 4 heteroatoms. The number of anilines is 1. The first-order valence-corrected chi connectivity index (χ1v) is 5.86. The molecule has 0 atom stereocenters. The predicted octanol–water partition coefficient (Wildman–Crippen LogP) is 3.57. The molecule has 0 fully saturated rings. The normalized spacial score (nSPS) is 9.57. The van der Waals surface area contributed by atoms with Gasteiger partial charge in [0.05, 0.1) is 0 Å². The van der Waals surface area contributed by atoms with E-state index in [-0.39, 0.29) is 5.91 Å². The first-order valence-electron chi connectivity index (χ1n) is 3.99. The van der Waals surface area contributed by atoms with Crippen LogP contribution in [0.3, 0.4) is 0 Å². The van der Waals surface area contributed by atoms with Gasteiger partial charge in [-0.25, -0.2) is 0 Å². The monoisotopic (exact) mass is 365 g/mol. The van der Waals surface area contributed by atoms with Crippen molar-refractivity contribution < 1.29 is 4.79 Å². The van der Waals surface area contributed by atoms with Crippen molar-refractivity contribution in [1.82, 2.24) is 0 Å². The fraction of sp³-hybridized carbons (Fsp3) is 0.100. The van der Waals surface area contributed by atoms with Gasteiger partial charge < -0.3 is 5.32 Å². The molecule has 0 aliphatic rings. The van der Waals surface area contributed by atoms with E-state index in [2.05, 4.69) is 50.4 Å². The first-order chi connectivity index (χ1) is 6.63. The number of carbonyl (C=O) groups is 1. The summed E-state index contributed by atoms with van der Waals surface area (Å²) in [6, 6.07) is 5.68. The lowest BCUT2D eigenvalue weighted by Crippen LogP contribution is -2.09. The zero-order valence-electron chi connectivity index (χ0n) is 7.39. The Hall–Kier alpha value is -0.360. The Morgan fingerprint density at radius 2 is 2.36 bits per heavy atom. The Balaban J connectivity index is 2.72. The third-order valence-corrected chi connectivity index (χ3v) is 3.87. The van der Waals surface area contributed by atoms with Crippen LogP contribution in [0.15, 0.2) is 35.3 Å². The molecule has 1 aromatic carbocycles. The Labute approximate surface area is 105 Å². The van der Waals surface area contributed by atoms with Crippen molar-refractivity contribution in [1.29, 1.82) is 0 Å². The maximum absolute atomic E-state index is 11.2. The van der Waals surface area contributed by atoms with Crippen molar-refractivity contribution in [3.63, 3.8) is 0 Å². The van der Waals surface area contributed by atoms with Crippen molar-refractivity contribution >= 4 is 50.1 Å². The van der Waals surface area contributed by atoms with Crippen LogP contribution in [0.25, 0.3) is 0 Å². The van der Waals surface area contributed by atoms with Gasteiger partial charge in [-0.1, -0.05) is 6.08 Å². The van der Waals surface area contributed by atoms with E-state index in [4.69, 9.17) is 0 Å². The van der Waals surface area contributed by atoms with E-state index in [1.807, 2.05) is 18.2 Å². The van der Waals surface area contributed by atoms with Gasteiger partial charge in [-0.05, 0) is 56.7 Å². The Morgan fingerprint density at radius 3 is 2.93 bits per heavy atom. The molecule has 0 bridgehead atoms. The molecule has 0 saturated heterocycles. The van der Waals surface area contributed by atoms with E-state index in [9.17, 15) is 4.79 Å².